The van der Waals surface area contributed by atoms with Crippen molar-refractivity contribution in [1.82, 2.24) is 20.2 Å². The van der Waals surface area contributed by atoms with Gasteiger partial charge in [0.25, 0.3) is 5.91 Å². The van der Waals surface area contributed by atoms with Crippen molar-refractivity contribution in [3.8, 4) is 0 Å². The van der Waals surface area contributed by atoms with E-state index in [0.717, 1.165) is 35.7 Å². The Labute approximate surface area is 159 Å². The minimum Gasteiger partial charge on any atom is -0.454 e. The molecule has 1 aliphatic heterocycles. The van der Waals surface area contributed by atoms with Crippen LogP contribution in [0.15, 0.2) is 40.8 Å². The SMILES string of the molecule is C[C@@H](c1ccc(C(=O)NCCc2nc3ccccc3[nH]2)o1)N1CCCCC1. The van der Waals surface area contributed by atoms with Gasteiger partial charge in [0.1, 0.15) is 11.6 Å². The number of aromatic amines is 1. The highest BCUT2D eigenvalue weighted by atomic mass is 16.4. The smallest absolute Gasteiger partial charge is 0.287 e. The number of rotatable bonds is 6. The maximum atomic E-state index is 12.4. The summed E-state index contributed by atoms with van der Waals surface area (Å²) in [5.74, 6) is 1.93. The quantitative estimate of drug-likeness (QED) is 0.698. The molecule has 0 radical (unpaired) electrons. The summed E-state index contributed by atoms with van der Waals surface area (Å²) < 4.78 is 5.83. The Bertz CT molecular complexity index is 875. The topological polar surface area (TPSA) is 74.2 Å². The number of H-pyrrole nitrogens is 1. The molecule has 3 heterocycles. The van der Waals surface area contributed by atoms with Gasteiger partial charge < -0.3 is 14.7 Å². The second kappa shape index (κ2) is 7.96. The van der Waals surface area contributed by atoms with Crippen molar-refractivity contribution in [2.75, 3.05) is 19.6 Å². The zero-order valence-electron chi connectivity index (χ0n) is 15.7. The number of para-hydroxylation sites is 2. The van der Waals surface area contributed by atoms with Gasteiger partial charge in [0.15, 0.2) is 5.76 Å². The molecule has 1 aliphatic rings. The number of hydrogen-bond donors (Lipinski definition) is 2. The number of nitrogens with one attached hydrogen (secondary N) is 2. The minimum absolute atomic E-state index is 0.178. The van der Waals surface area contributed by atoms with Crippen molar-refractivity contribution in [1.29, 1.82) is 0 Å². The third-order valence-electron chi connectivity index (χ3n) is 5.29. The molecule has 0 saturated carbocycles. The van der Waals surface area contributed by atoms with Crippen LogP contribution in [0.1, 0.15) is 54.4 Å². The van der Waals surface area contributed by atoms with Gasteiger partial charge in [-0.1, -0.05) is 18.6 Å². The van der Waals surface area contributed by atoms with Gasteiger partial charge in [-0.05, 0) is 57.1 Å². The molecule has 0 unspecified atom stereocenters. The second-order valence-electron chi connectivity index (χ2n) is 7.18. The van der Waals surface area contributed by atoms with Gasteiger partial charge in [-0.3, -0.25) is 9.69 Å². The van der Waals surface area contributed by atoms with Gasteiger partial charge in [0.05, 0.1) is 17.1 Å². The van der Waals surface area contributed by atoms with Gasteiger partial charge in [0.2, 0.25) is 0 Å². The fourth-order valence-electron chi connectivity index (χ4n) is 3.69. The zero-order chi connectivity index (χ0) is 18.6. The Hall–Kier alpha value is -2.60. The Kier molecular flexibility index (Phi) is 5.25. The summed E-state index contributed by atoms with van der Waals surface area (Å²) in [7, 11) is 0. The third-order valence-corrected chi connectivity index (χ3v) is 5.29. The average Bonchev–Trinajstić information content (AvgIpc) is 3.35. The van der Waals surface area contributed by atoms with Crippen LogP contribution in [0.2, 0.25) is 0 Å². The van der Waals surface area contributed by atoms with Crippen LogP contribution < -0.4 is 5.32 Å². The molecule has 142 valence electrons. The summed E-state index contributed by atoms with van der Waals surface area (Å²) in [6.07, 6.45) is 4.43. The van der Waals surface area contributed by atoms with Crippen molar-refractivity contribution in [3.05, 3.63) is 53.7 Å². The van der Waals surface area contributed by atoms with Crippen molar-refractivity contribution >= 4 is 16.9 Å². The predicted octanol–water partition coefficient (Wildman–Crippen LogP) is 3.68. The van der Waals surface area contributed by atoms with Crippen LogP contribution in [0.3, 0.4) is 0 Å². The highest BCUT2D eigenvalue weighted by molar-refractivity contribution is 5.91. The lowest BCUT2D eigenvalue weighted by Gasteiger charge is -2.31. The van der Waals surface area contributed by atoms with E-state index in [0.29, 0.717) is 18.7 Å². The fraction of sp³-hybridized carbons (Fsp3) is 0.429. The summed E-state index contributed by atoms with van der Waals surface area (Å²) in [5.41, 5.74) is 1.96. The predicted molar refractivity (Wildman–Crippen MR) is 105 cm³/mol. The highest BCUT2D eigenvalue weighted by Gasteiger charge is 2.22. The number of aromatic nitrogens is 2. The van der Waals surface area contributed by atoms with Crippen LogP contribution in [-0.2, 0) is 6.42 Å². The fourth-order valence-corrected chi connectivity index (χ4v) is 3.69. The first-order valence-corrected chi connectivity index (χ1v) is 9.76. The van der Waals surface area contributed by atoms with Gasteiger partial charge in [-0.25, -0.2) is 4.98 Å². The molecule has 1 amide bonds. The van der Waals surface area contributed by atoms with Crippen LogP contribution in [0.4, 0.5) is 0 Å². The molecule has 1 atom stereocenters. The average molecular weight is 366 g/mol. The number of carbonyl (C=O) groups is 1. The number of imidazole rings is 1. The van der Waals surface area contributed by atoms with Gasteiger partial charge in [-0.15, -0.1) is 0 Å². The molecule has 0 spiro atoms. The van der Waals surface area contributed by atoms with Gasteiger partial charge in [0, 0.05) is 13.0 Å². The Balaban J connectivity index is 1.31. The molecule has 2 aromatic heterocycles. The first-order valence-electron chi connectivity index (χ1n) is 9.76. The number of likely N-dealkylation sites (tertiary alicyclic amines) is 1. The largest absolute Gasteiger partial charge is 0.454 e. The van der Waals surface area contributed by atoms with E-state index in [1.807, 2.05) is 30.3 Å². The van der Waals surface area contributed by atoms with Crippen molar-refractivity contribution in [2.24, 2.45) is 0 Å². The number of amides is 1. The summed E-state index contributed by atoms with van der Waals surface area (Å²) in [6.45, 7) is 4.85. The molecule has 6 nitrogen and oxygen atoms in total. The van der Waals surface area contributed by atoms with Crippen molar-refractivity contribution in [3.63, 3.8) is 0 Å². The molecule has 1 aromatic carbocycles. The van der Waals surface area contributed by atoms with Crippen LogP contribution in [0.25, 0.3) is 11.0 Å². The number of benzene rings is 1. The molecule has 1 saturated heterocycles. The van der Waals surface area contributed by atoms with E-state index in [9.17, 15) is 4.79 Å². The van der Waals surface area contributed by atoms with E-state index in [2.05, 4.69) is 27.1 Å². The monoisotopic (exact) mass is 366 g/mol. The van der Waals surface area contributed by atoms with Crippen molar-refractivity contribution in [2.45, 2.75) is 38.6 Å². The van der Waals surface area contributed by atoms with E-state index in [1.54, 1.807) is 6.07 Å². The van der Waals surface area contributed by atoms with Crippen LogP contribution in [-0.4, -0.2) is 40.4 Å². The van der Waals surface area contributed by atoms with Gasteiger partial charge >= 0.3 is 0 Å². The Morgan fingerprint density at radius 1 is 1.22 bits per heavy atom. The number of piperidine rings is 1. The first-order chi connectivity index (χ1) is 13.2. The third kappa shape index (κ3) is 4.06. The summed E-state index contributed by atoms with van der Waals surface area (Å²) in [5, 5.41) is 2.92. The highest BCUT2D eigenvalue weighted by Crippen LogP contribution is 2.25. The molecule has 3 aromatic rings. The first kappa shape index (κ1) is 17.8. The zero-order valence-corrected chi connectivity index (χ0v) is 15.7. The Morgan fingerprint density at radius 3 is 2.85 bits per heavy atom. The van der Waals surface area contributed by atoms with Crippen molar-refractivity contribution < 1.29 is 9.21 Å². The van der Waals surface area contributed by atoms with E-state index < -0.39 is 0 Å². The summed E-state index contributed by atoms with van der Waals surface area (Å²) >= 11 is 0. The van der Waals surface area contributed by atoms with E-state index in [4.69, 9.17) is 4.42 Å². The Morgan fingerprint density at radius 2 is 2.04 bits per heavy atom. The summed E-state index contributed by atoms with van der Waals surface area (Å²) in [6, 6.07) is 11.8. The molecular formula is C21H26N4O2. The lowest BCUT2D eigenvalue weighted by atomic mass is 10.1. The minimum atomic E-state index is -0.178. The van der Waals surface area contributed by atoms with E-state index >= 15 is 0 Å². The molecular weight excluding hydrogens is 340 g/mol. The van der Waals surface area contributed by atoms with E-state index in [-0.39, 0.29) is 11.9 Å². The second-order valence-corrected chi connectivity index (χ2v) is 7.18. The maximum Gasteiger partial charge on any atom is 0.287 e. The van der Waals surface area contributed by atoms with Crippen LogP contribution in [0, 0.1) is 0 Å². The lowest BCUT2D eigenvalue weighted by molar-refractivity contribution is 0.0917. The molecule has 2 N–H and O–H groups in total. The molecule has 1 fully saturated rings. The lowest BCUT2D eigenvalue weighted by Crippen LogP contribution is -2.32. The molecule has 6 heteroatoms. The number of furan rings is 1. The normalized spacial score (nSPS) is 16.5. The number of nitrogens with zero attached hydrogens (tertiary/aromatic N) is 2. The van der Waals surface area contributed by atoms with Crippen LogP contribution >= 0.6 is 0 Å². The molecule has 0 aliphatic carbocycles. The molecule has 4 rings (SSSR count). The molecule has 0 bridgehead atoms. The maximum absolute atomic E-state index is 12.4. The van der Waals surface area contributed by atoms with Crippen LogP contribution in [0.5, 0.6) is 0 Å². The summed E-state index contributed by atoms with van der Waals surface area (Å²) in [4.78, 5) is 22.6. The standard InChI is InChI=1S/C21H26N4O2/c1-15(25-13-5-2-6-14-25)18-9-10-19(27-18)21(26)22-12-11-20-23-16-7-3-4-8-17(16)24-20/h3-4,7-10,15H,2,5-6,11-14H2,1H3,(H,22,26)(H,23,24)/t15-/m0/s1. The number of fused-ring (bicyclic) bond motifs is 1. The molecule has 27 heavy (non-hydrogen) atoms. The number of carbonyl (C=O) groups excluding carboxylic acids is 1. The van der Waals surface area contributed by atoms with Gasteiger partial charge in [-0.2, -0.15) is 0 Å². The number of hydrogen-bond acceptors (Lipinski definition) is 4. The van der Waals surface area contributed by atoms with E-state index in [1.165, 1.54) is 19.3 Å².